The predicted octanol–water partition coefficient (Wildman–Crippen LogP) is 4.80. The number of carbonyl (C=O) groups is 1. The average Bonchev–Trinajstić information content (AvgIpc) is 3.48. The van der Waals surface area contributed by atoms with Gasteiger partial charge in [-0.3, -0.25) is 10.1 Å². The lowest BCUT2D eigenvalue weighted by atomic mass is 9.98. The van der Waals surface area contributed by atoms with E-state index in [0.29, 0.717) is 17.2 Å². The third-order valence-corrected chi connectivity index (χ3v) is 5.95. The van der Waals surface area contributed by atoms with Crippen molar-refractivity contribution in [1.82, 2.24) is 30.5 Å². The third kappa shape index (κ3) is 3.84. The van der Waals surface area contributed by atoms with E-state index < -0.39 is 5.97 Å². The highest BCUT2D eigenvalue weighted by Crippen LogP contribution is 2.33. The van der Waals surface area contributed by atoms with Gasteiger partial charge >= 0.3 is 5.97 Å². The molecule has 8 nitrogen and oxygen atoms in total. The number of nitrogens with one attached hydrogen (secondary N) is 3. The molecule has 0 saturated heterocycles. The summed E-state index contributed by atoms with van der Waals surface area (Å²) >= 11 is 0. The maximum Gasteiger partial charge on any atom is 0.354 e. The highest BCUT2D eigenvalue weighted by molar-refractivity contribution is 5.98. The summed E-state index contributed by atoms with van der Waals surface area (Å²) in [6.45, 7) is 5.83. The standard InChI is InChI=1S/C26H24N6O2/c1-3-27-12-18-13-28-14-20(15(18)2)17-9-10-21-19(11-17)23(32-31-21)25-29-22(24(30-25)26(33)34)16-7-5-4-6-8-16/h4-11,13-14,27H,3,12H2,1-2H3,(H,29,30)(H,31,32)(H,33,34). The number of benzene rings is 2. The zero-order valence-electron chi connectivity index (χ0n) is 18.9. The summed E-state index contributed by atoms with van der Waals surface area (Å²) in [7, 11) is 0. The second-order valence-electron chi connectivity index (χ2n) is 8.06. The number of imidazole rings is 1. The van der Waals surface area contributed by atoms with Crippen molar-refractivity contribution in [2.24, 2.45) is 0 Å². The Kier molecular flexibility index (Phi) is 5.65. The van der Waals surface area contributed by atoms with E-state index >= 15 is 0 Å². The van der Waals surface area contributed by atoms with Crippen LogP contribution in [0.15, 0.2) is 60.9 Å². The number of hydrogen-bond acceptors (Lipinski definition) is 5. The summed E-state index contributed by atoms with van der Waals surface area (Å²) < 4.78 is 0. The first-order valence-corrected chi connectivity index (χ1v) is 11.1. The second kappa shape index (κ2) is 8.92. The minimum absolute atomic E-state index is 0.0321. The number of carboxylic acids is 1. The second-order valence-corrected chi connectivity index (χ2v) is 8.06. The molecule has 0 aliphatic heterocycles. The number of H-pyrrole nitrogens is 2. The third-order valence-electron chi connectivity index (χ3n) is 5.95. The van der Waals surface area contributed by atoms with Gasteiger partial charge in [-0.1, -0.05) is 43.3 Å². The maximum absolute atomic E-state index is 11.9. The van der Waals surface area contributed by atoms with Gasteiger partial charge in [-0.15, -0.1) is 0 Å². The van der Waals surface area contributed by atoms with E-state index in [1.807, 2.05) is 60.9 Å². The maximum atomic E-state index is 11.9. The zero-order valence-corrected chi connectivity index (χ0v) is 18.9. The minimum atomic E-state index is -1.07. The van der Waals surface area contributed by atoms with Gasteiger partial charge in [0.25, 0.3) is 0 Å². The van der Waals surface area contributed by atoms with Gasteiger partial charge in [-0.2, -0.15) is 5.10 Å². The normalized spacial score (nSPS) is 11.2. The molecule has 2 aromatic carbocycles. The Hall–Kier alpha value is -4.30. The van der Waals surface area contributed by atoms with Crippen molar-refractivity contribution < 1.29 is 9.90 Å². The lowest BCUT2D eigenvalue weighted by Gasteiger charge is -2.11. The van der Waals surface area contributed by atoms with E-state index in [0.717, 1.165) is 51.8 Å². The van der Waals surface area contributed by atoms with Crippen molar-refractivity contribution in [1.29, 1.82) is 0 Å². The molecule has 0 radical (unpaired) electrons. The van der Waals surface area contributed by atoms with Gasteiger partial charge in [0.15, 0.2) is 11.5 Å². The quantitative estimate of drug-likeness (QED) is 0.282. The molecule has 3 aromatic heterocycles. The number of hydrogen-bond donors (Lipinski definition) is 4. The van der Waals surface area contributed by atoms with E-state index in [-0.39, 0.29) is 5.69 Å². The SMILES string of the molecule is CCNCc1cncc(-c2ccc3[nH]nc(-c4nc(-c5ccccc5)c(C(=O)O)[nH]4)c3c2)c1C. The van der Waals surface area contributed by atoms with Crippen molar-refractivity contribution in [3.05, 3.63) is 77.7 Å². The number of aromatic nitrogens is 5. The van der Waals surface area contributed by atoms with Crippen LogP contribution in [0.1, 0.15) is 28.5 Å². The van der Waals surface area contributed by atoms with Crippen LogP contribution in [0.2, 0.25) is 0 Å². The Balaban J connectivity index is 1.61. The molecule has 0 aliphatic rings. The van der Waals surface area contributed by atoms with E-state index in [1.165, 1.54) is 0 Å². The molecule has 170 valence electrons. The number of aromatic carboxylic acids is 1. The molecule has 0 unspecified atom stereocenters. The number of rotatable bonds is 7. The Morgan fingerprint density at radius 1 is 1.06 bits per heavy atom. The predicted molar refractivity (Wildman–Crippen MR) is 131 cm³/mol. The monoisotopic (exact) mass is 452 g/mol. The Labute approximate surface area is 196 Å². The highest BCUT2D eigenvalue weighted by Gasteiger charge is 2.21. The summed E-state index contributed by atoms with van der Waals surface area (Å²) in [5.74, 6) is -0.673. The van der Waals surface area contributed by atoms with Crippen molar-refractivity contribution in [2.45, 2.75) is 20.4 Å². The van der Waals surface area contributed by atoms with Crippen LogP contribution in [-0.4, -0.2) is 42.8 Å². The fraction of sp³-hybridized carbons (Fsp3) is 0.154. The van der Waals surface area contributed by atoms with Crippen molar-refractivity contribution in [3.63, 3.8) is 0 Å². The molecule has 0 amide bonds. The average molecular weight is 453 g/mol. The highest BCUT2D eigenvalue weighted by atomic mass is 16.4. The number of pyridine rings is 1. The first-order valence-electron chi connectivity index (χ1n) is 11.1. The van der Waals surface area contributed by atoms with Crippen LogP contribution >= 0.6 is 0 Å². The molecule has 3 heterocycles. The first kappa shape index (κ1) is 21.5. The van der Waals surface area contributed by atoms with Gasteiger partial charge in [0, 0.05) is 35.5 Å². The number of carboxylic acid groups (broad SMARTS) is 1. The number of nitrogens with zero attached hydrogens (tertiary/aromatic N) is 3. The van der Waals surface area contributed by atoms with Crippen molar-refractivity contribution >= 4 is 16.9 Å². The van der Waals surface area contributed by atoms with Crippen LogP contribution in [-0.2, 0) is 6.54 Å². The molecule has 0 atom stereocenters. The van der Waals surface area contributed by atoms with Crippen LogP contribution in [0.25, 0.3) is 44.8 Å². The van der Waals surface area contributed by atoms with Crippen LogP contribution < -0.4 is 5.32 Å². The molecule has 4 N–H and O–H groups in total. The molecule has 8 heteroatoms. The lowest BCUT2D eigenvalue weighted by Crippen LogP contribution is -2.13. The van der Waals surface area contributed by atoms with Gasteiger partial charge in [0.05, 0.1) is 5.52 Å². The molecule has 0 aliphatic carbocycles. The lowest BCUT2D eigenvalue weighted by molar-refractivity contribution is 0.0692. The van der Waals surface area contributed by atoms with Gasteiger partial charge < -0.3 is 15.4 Å². The van der Waals surface area contributed by atoms with Crippen molar-refractivity contribution in [2.75, 3.05) is 6.54 Å². The minimum Gasteiger partial charge on any atom is -0.477 e. The summed E-state index contributed by atoms with van der Waals surface area (Å²) in [5, 5.41) is 21.4. The first-order chi connectivity index (χ1) is 16.6. The number of aromatic amines is 2. The van der Waals surface area contributed by atoms with Crippen molar-refractivity contribution in [3.8, 4) is 33.9 Å². The summed E-state index contributed by atoms with van der Waals surface area (Å²) in [6.07, 6.45) is 3.76. The van der Waals surface area contributed by atoms with Gasteiger partial charge in [0.2, 0.25) is 0 Å². The largest absolute Gasteiger partial charge is 0.477 e. The number of fused-ring (bicyclic) bond motifs is 1. The molecule has 0 bridgehead atoms. The molecule has 34 heavy (non-hydrogen) atoms. The summed E-state index contributed by atoms with van der Waals surface area (Å²) in [4.78, 5) is 23.9. The zero-order chi connectivity index (χ0) is 23.7. The molecular weight excluding hydrogens is 428 g/mol. The summed E-state index contributed by atoms with van der Waals surface area (Å²) in [5.41, 5.74) is 6.90. The van der Waals surface area contributed by atoms with Crippen LogP contribution in [0.3, 0.4) is 0 Å². The fourth-order valence-electron chi connectivity index (χ4n) is 4.10. The van der Waals surface area contributed by atoms with E-state index in [1.54, 1.807) is 0 Å². The smallest absolute Gasteiger partial charge is 0.354 e. The molecule has 5 rings (SSSR count). The Morgan fingerprint density at radius 2 is 1.88 bits per heavy atom. The van der Waals surface area contributed by atoms with E-state index in [9.17, 15) is 9.90 Å². The molecule has 5 aromatic rings. The van der Waals surface area contributed by atoms with Gasteiger partial charge in [-0.05, 0) is 42.3 Å². The molecule has 0 fully saturated rings. The Bertz CT molecular complexity index is 1490. The van der Waals surface area contributed by atoms with E-state index in [2.05, 4.69) is 44.3 Å². The van der Waals surface area contributed by atoms with Crippen LogP contribution in [0, 0.1) is 6.92 Å². The fourth-order valence-corrected chi connectivity index (χ4v) is 4.10. The molecular formula is C26H24N6O2. The molecule has 0 spiro atoms. The topological polar surface area (TPSA) is 120 Å². The molecule has 0 saturated carbocycles. The van der Waals surface area contributed by atoms with Crippen LogP contribution in [0.5, 0.6) is 0 Å². The Morgan fingerprint density at radius 3 is 2.65 bits per heavy atom. The summed E-state index contributed by atoms with van der Waals surface area (Å²) in [6, 6.07) is 15.3. The van der Waals surface area contributed by atoms with Crippen LogP contribution in [0.4, 0.5) is 0 Å². The van der Waals surface area contributed by atoms with Gasteiger partial charge in [0.1, 0.15) is 11.4 Å². The van der Waals surface area contributed by atoms with E-state index in [4.69, 9.17) is 0 Å². The van der Waals surface area contributed by atoms with Gasteiger partial charge in [-0.25, -0.2) is 9.78 Å².